The van der Waals surface area contributed by atoms with Crippen molar-refractivity contribution in [1.29, 1.82) is 0 Å². The molecule has 2 saturated heterocycles. The Morgan fingerprint density at radius 3 is 2.28 bits per heavy atom. The van der Waals surface area contributed by atoms with Crippen molar-refractivity contribution in [3.63, 3.8) is 0 Å². The number of aliphatic hydroxyl groups is 3. The molecule has 15 atom stereocenters. The number of ether oxygens (including phenoxy) is 8. The molecule has 7 heterocycles. The van der Waals surface area contributed by atoms with Gasteiger partial charge in [0, 0.05) is 108 Å². The number of allylic oxidation sites excluding steroid dienone is 6. The number of nitrogen functional groups attached to an aromatic ring is 2. The number of hydrogen-bond acceptors (Lipinski definition) is 28. The predicted octanol–water partition coefficient (Wildman–Crippen LogP) is 6.51. The molecule has 5 aromatic rings. The van der Waals surface area contributed by atoms with E-state index in [0.717, 1.165) is 34.6 Å². The van der Waals surface area contributed by atoms with E-state index >= 15 is 0 Å². The van der Waals surface area contributed by atoms with Gasteiger partial charge in [-0.05, 0) is 151 Å². The summed E-state index contributed by atoms with van der Waals surface area (Å²) >= 11 is 0. The summed E-state index contributed by atoms with van der Waals surface area (Å²) in [6.07, 6.45) is 16.2. The maximum Gasteiger partial charge on any atom is 0.329 e. The lowest BCUT2D eigenvalue weighted by Crippen LogP contribution is -2.61. The van der Waals surface area contributed by atoms with Crippen molar-refractivity contribution >= 4 is 75.0 Å². The van der Waals surface area contributed by atoms with Crippen LogP contribution in [0.25, 0.3) is 33.4 Å². The van der Waals surface area contributed by atoms with Gasteiger partial charge in [-0.25, -0.2) is 24.1 Å². The molecule has 0 spiro atoms. The maximum atomic E-state index is 14.7. The summed E-state index contributed by atoms with van der Waals surface area (Å²) < 4.78 is 56.7. The van der Waals surface area contributed by atoms with Crippen molar-refractivity contribution in [2.45, 2.75) is 237 Å². The molecule has 11 N–H and O–H groups in total. The second kappa shape index (κ2) is 45.4. The van der Waals surface area contributed by atoms with E-state index in [9.17, 15) is 48.9 Å². The van der Waals surface area contributed by atoms with Crippen LogP contribution < -0.4 is 27.8 Å². The lowest BCUT2D eigenvalue weighted by molar-refractivity contribution is -0.265. The summed E-state index contributed by atoms with van der Waals surface area (Å²) in [6.45, 7) is 14.7. The van der Waals surface area contributed by atoms with Crippen molar-refractivity contribution in [2.75, 3.05) is 91.6 Å². The number of aryl methyl sites for hydroxylation is 2. The van der Waals surface area contributed by atoms with Crippen LogP contribution in [0.2, 0.25) is 0 Å². The van der Waals surface area contributed by atoms with Crippen molar-refractivity contribution < 1.29 is 91.2 Å². The van der Waals surface area contributed by atoms with Crippen molar-refractivity contribution in [3.8, 4) is 11.3 Å². The Morgan fingerprint density at radius 1 is 0.776 bits per heavy atom. The summed E-state index contributed by atoms with van der Waals surface area (Å²) in [6, 6.07) is 3.37. The summed E-state index contributed by atoms with van der Waals surface area (Å²) in [5.74, 6) is -9.10. The molecule has 0 radical (unpaired) electrons. The third kappa shape index (κ3) is 26.2. The zero-order chi connectivity index (χ0) is 83.4. The topological polar surface area (TPSA) is 460 Å². The van der Waals surface area contributed by atoms with Crippen LogP contribution in [-0.4, -0.2) is 242 Å². The number of unbranched alkanes of at least 4 members (excludes halogenated alkanes) is 2. The van der Waals surface area contributed by atoms with Crippen LogP contribution in [0.15, 0.2) is 82.7 Å². The number of aromatic nitrogens is 8. The number of nitrogens with two attached hydrogens (primary N) is 3. The molecule has 3 aliphatic heterocycles. The number of Topliss-reactive ketones (excluding diaryl/α,β-unsaturated/α-hetero) is 3. The Morgan fingerprint density at radius 2 is 1.53 bits per heavy atom. The number of ketones is 3. The molecule has 3 amide bonds. The Bertz CT molecular complexity index is 4180. The van der Waals surface area contributed by atoms with Crippen molar-refractivity contribution in [2.24, 2.45) is 35.3 Å². The largest absolute Gasteiger partial charge is 0.459 e. The van der Waals surface area contributed by atoms with E-state index < -0.39 is 95.4 Å². The van der Waals surface area contributed by atoms with Gasteiger partial charge in [0.25, 0.3) is 17.7 Å². The van der Waals surface area contributed by atoms with Gasteiger partial charge in [-0.15, -0.1) is 5.10 Å². The van der Waals surface area contributed by atoms with Crippen LogP contribution in [-0.2, 0) is 91.0 Å². The van der Waals surface area contributed by atoms with E-state index in [1.54, 1.807) is 50.4 Å². The van der Waals surface area contributed by atoms with Crippen LogP contribution in [0.1, 0.15) is 163 Å². The van der Waals surface area contributed by atoms with Gasteiger partial charge in [0.2, 0.25) is 17.6 Å². The lowest BCUT2D eigenvalue weighted by atomic mass is 9.80. The number of carbonyl (C=O) groups excluding carboxylic acids is 7. The average Bonchev–Trinajstić information content (AvgIpc) is 1.47. The summed E-state index contributed by atoms with van der Waals surface area (Å²) in [4.78, 5) is 110. The number of oxazole rings is 1. The molecule has 0 unspecified atom stereocenters. The van der Waals surface area contributed by atoms with E-state index in [2.05, 4.69) is 35.9 Å². The first-order valence-electron chi connectivity index (χ1n) is 41.1. The average molecular weight is 1620 g/mol. The molecular formula is C83H122N14O19. The van der Waals surface area contributed by atoms with Gasteiger partial charge in [-0.2, -0.15) is 10.1 Å². The highest BCUT2D eigenvalue weighted by Crippen LogP contribution is 2.39. The number of fused-ring (bicyclic) bond motifs is 5. The minimum atomic E-state index is -2.49. The SMILES string of the molecule is CO[C@H]1C[C@@H]2CC[C@@H](C)[C@@](O)(O2)C(=O)C(=O)N2CCCC[C@H]2C(=O)O[C@H]([C@H](N)C[C@@H]2CC[C@@H](OCCCCc3cn(CCOCCOCCOCCNC(=O)CCC(=O)NCCCCn4nc(-c5ccc6oc(N)nc6c5)c5c(N)ncnc54)nn3)[C@H](OC)C2)CC(=O)[C@H](C)/C=C(\C)[C@@H](O)[C@@H](O)C(=O)[C@H](C)C[C@H](C)/C=C/C=CC=C1C. The summed E-state index contributed by atoms with van der Waals surface area (Å²) in [7, 11) is 3.19. The molecule has 33 nitrogen and oxygen atoms in total. The Balaban J connectivity index is 0.651. The minimum Gasteiger partial charge on any atom is -0.459 e. The number of amides is 3. The van der Waals surface area contributed by atoms with Crippen LogP contribution in [0, 0.1) is 29.6 Å². The molecule has 3 fully saturated rings. The van der Waals surface area contributed by atoms with Gasteiger partial charge in [0.05, 0.1) is 81.7 Å². The first-order valence-corrected chi connectivity index (χ1v) is 41.1. The number of rotatable bonds is 32. The summed E-state index contributed by atoms with van der Waals surface area (Å²) in [5, 5.41) is 54.3. The lowest BCUT2D eigenvalue weighted by Gasteiger charge is -2.42. The van der Waals surface area contributed by atoms with Crippen LogP contribution in [0.3, 0.4) is 0 Å². The number of anilines is 2. The van der Waals surface area contributed by atoms with Gasteiger partial charge in [0.15, 0.2) is 17.0 Å². The number of benzene rings is 1. The van der Waals surface area contributed by atoms with Gasteiger partial charge in [0.1, 0.15) is 53.5 Å². The molecule has 638 valence electrons. The van der Waals surface area contributed by atoms with E-state index in [4.69, 9.17) is 64.6 Å². The van der Waals surface area contributed by atoms with Crippen LogP contribution in [0.5, 0.6) is 0 Å². The number of cyclic esters (lactones) is 1. The zero-order valence-corrected chi connectivity index (χ0v) is 68.5. The number of piperidine rings is 1. The number of aliphatic hydroxyl groups excluding tert-OH is 2. The number of methoxy groups -OCH3 is 2. The molecule has 2 bridgehead atoms. The Labute approximate surface area is 677 Å². The van der Waals surface area contributed by atoms with Crippen molar-refractivity contribution in [1.82, 2.24) is 55.3 Å². The number of hydrogen-bond donors (Lipinski definition) is 8. The molecule has 116 heavy (non-hydrogen) atoms. The minimum absolute atomic E-state index is 0.0223. The third-order valence-corrected chi connectivity index (χ3v) is 22.4. The van der Waals surface area contributed by atoms with E-state index in [1.165, 1.54) is 19.3 Å². The highest BCUT2D eigenvalue weighted by Gasteiger charge is 2.53. The molecule has 9 rings (SSSR count). The monoisotopic (exact) mass is 1620 g/mol. The predicted molar refractivity (Wildman–Crippen MR) is 430 cm³/mol. The highest BCUT2D eigenvalue weighted by molar-refractivity contribution is 6.39. The van der Waals surface area contributed by atoms with E-state index in [1.807, 2.05) is 62.6 Å². The third-order valence-electron chi connectivity index (χ3n) is 22.4. The van der Waals surface area contributed by atoms with E-state index in [-0.39, 0.29) is 92.7 Å². The molecule has 1 aliphatic carbocycles. The smallest absolute Gasteiger partial charge is 0.329 e. The normalized spacial score (nSPS) is 27.1. The maximum absolute atomic E-state index is 14.7. The van der Waals surface area contributed by atoms with Crippen LogP contribution >= 0.6 is 0 Å². The molecule has 1 aromatic carbocycles. The molecular weight excluding hydrogens is 1500 g/mol. The number of nitrogens with one attached hydrogen (secondary N) is 2. The Hall–Kier alpha value is -8.61. The quantitative estimate of drug-likeness (QED) is 0.00983. The second-order valence-electron chi connectivity index (χ2n) is 31.3. The standard InChI is InChI=1S/C83H122N14O19/c1-51-18-10-9-11-19-52(2)67(108-7)47-60-25-22-56(6)83(107,116-60)77(104)80(105)96-32-15-12-21-63(96)81(106)114-68(48-64(98)53(3)43-55(5)75(102)76(103)74(101)54(4)42-51)61(84)44-57-23-26-66(69(45-57)109-8)113-35-17-13-20-59-49-95(94-92-59)34-37-111-39-41-112-40-38-110-36-31-88-71(100)29-28-70(99)87-30-14-16-33-97-79-72(78(85)89-50-90-79)73(93-97)58-24-27-65-62(46-58)91-82(86)115-65/h9-11,18-19,24,27,43,46,49-51,53-54,56-57,60-61,63,66-69,75-76,102-103,107H,12-17,20-23,25-26,28-42,44-45,47-48,84H2,1-8H3,(H2,86,91)(H,87,99)(H,88,100)(H2,85,89,90)/b11-9?,18-10+,52-19?,55-43+/t51-,53-,54-,56-,57+,60+,61-,63+,66-,67+,68+,69-,75-,76+,83-/m1/s1. The summed E-state index contributed by atoms with van der Waals surface area (Å²) in [5.41, 5.74) is 24.1. The van der Waals surface area contributed by atoms with Gasteiger partial charge in [-0.1, -0.05) is 69.4 Å². The highest BCUT2D eigenvalue weighted by atomic mass is 16.6. The fourth-order valence-corrected chi connectivity index (χ4v) is 15.5. The fourth-order valence-electron chi connectivity index (χ4n) is 15.5. The zero-order valence-electron chi connectivity index (χ0n) is 68.5. The van der Waals surface area contributed by atoms with Gasteiger partial charge < -0.3 is 90.4 Å². The van der Waals surface area contributed by atoms with Gasteiger partial charge in [-0.3, -0.25) is 28.8 Å². The first kappa shape index (κ1) is 91.3. The number of nitrogens with zero attached hydrogens (tertiary/aromatic N) is 9. The molecule has 33 heteroatoms. The van der Waals surface area contributed by atoms with E-state index in [0.29, 0.717) is 177 Å². The van der Waals surface area contributed by atoms with Crippen molar-refractivity contribution in [3.05, 3.63) is 84.0 Å². The number of esters is 1. The Kier molecular flexibility index (Phi) is 35.7. The molecule has 4 aromatic heterocycles. The fraction of sp³-hybridized carbons (Fsp3) is 0.651. The van der Waals surface area contributed by atoms with Crippen LogP contribution in [0.4, 0.5) is 11.8 Å². The van der Waals surface area contributed by atoms with Gasteiger partial charge >= 0.3 is 5.97 Å². The second-order valence-corrected chi connectivity index (χ2v) is 31.3. The first-order chi connectivity index (χ1) is 55.7. The molecule has 1 saturated carbocycles. The number of carbonyl (C=O) groups is 7. The molecule has 4 aliphatic rings.